The van der Waals surface area contributed by atoms with Gasteiger partial charge >= 0.3 is 0 Å². The zero-order valence-corrected chi connectivity index (χ0v) is 8.16. The molecule has 72 valence electrons. The summed E-state index contributed by atoms with van der Waals surface area (Å²) in [5.41, 5.74) is 3.28. The topological polar surface area (TPSA) is 41.6 Å². The maximum atomic E-state index is 8.98. The Morgan fingerprint density at radius 1 is 1.29 bits per heavy atom. The molecule has 0 N–H and O–H groups in total. The van der Waals surface area contributed by atoms with Crippen LogP contribution in [0.25, 0.3) is 0 Å². The Hall–Kier alpha value is -1.30. The summed E-state index contributed by atoms with van der Waals surface area (Å²) < 4.78 is 2.13. The summed E-state index contributed by atoms with van der Waals surface area (Å²) in [7, 11) is 0. The number of hydrogen-bond donors (Lipinski definition) is 0. The van der Waals surface area contributed by atoms with E-state index < -0.39 is 0 Å². The highest BCUT2D eigenvalue weighted by atomic mass is 15.3. The molecule has 1 aromatic heterocycles. The molecule has 0 saturated heterocycles. The van der Waals surface area contributed by atoms with Gasteiger partial charge in [0.15, 0.2) is 5.69 Å². The van der Waals surface area contributed by atoms with Gasteiger partial charge < -0.3 is 0 Å². The van der Waals surface area contributed by atoms with Crippen molar-refractivity contribution in [1.82, 2.24) is 9.78 Å². The maximum absolute atomic E-state index is 8.98. The molecule has 3 rings (SSSR count). The van der Waals surface area contributed by atoms with Crippen LogP contribution in [0.4, 0.5) is 0 Å². The van der Waals surface area contributed by atoms with Gasteiger partial charge in [-0.25, -0.2) is 0 Å². The molecule has 2 aliphatic carbocycles. The van der Waals surface area contributed by atoms with Crippen LogP contribution < -0.4 is 0 Å². The predicted octanol–water partition coefficient (Wildman–Crippen LogP) is 1.97. The molecule has 3 nitrogen and oxygen atoms in total. The van der Waals surface area contributed by atoms with Crippen LogP contribution in [-0.2, 0) is 12.8 Å². The van der Waals surface area contributed by atoms with Crippen molar-refractivity contribution in [3.63, 3.8) is 0 Å². The first-order valence-electron chi connectivity index (χ1n) is 5.40. The van der Waals surface area contributed by atoms with Crippen molar-refractivity contribution >= 4 is 0 Å². The highest BCUT2D eigenvalue weighted by Crippen LogP contribution is 2.38. The number of aromatic nitrogens is 2. The summed E-state index contributed by atoms with van der Waals surface area (Å²) in [6.07, 6.45) is 7.16. The minimum Gasteiger partial charge on any atom is -0.265 e. The van der Waals surface area contributed by atoms with Gasteiger partial charge in [-0.2, -0.15) is 10.4 Å². The Kier molecular flexibility index (Phi) is 1.63. The van der Waals surface area contributed by atoms with Crippen LogP contribution in [0.2, 0.25) is 0 Å². The van der Waals surface area contributed by atoms with Crippen molar-refractivity contribution < 1.29 is 0 Å². The highest BCUT2D eigenvalue weighted by Gasteiger charge is 2.30. The Balaban J connectivity index is 2.12. The van der Waals surface area contributed by atoms with E-state index in [9.17, 15) is 0 Å². The highest BCUT2D eigenvalue weighted by molar-refractivity contribution is 5.37. The summed E-state index contributed by atoms with van der Waals surface area (Å²) in [5, 5.41) is 13.4. The molecule has 0 amide bonds. The first-order chi connectivity index (χ1) is 6.90. The SMILES string of the molecule is N#Cc1nn(C2CC2)c2c1CCCC2. The lowest BCUT2D eigenvalue weighted by molar-refractivity contribution is 0.570. The molecule has 2 aliphatic rings. The van der Waals surface area contributed by atoms with Crippen molar-refractivity contribution in [2.75, 3.05) is 0 Å². The van der Waals surface area contributed by atoms with E-state index >= 15 is 0 Å². The minimum atomic E-state index is 0.615. The Labute approximate surface area is 83.3 Å². The molecule has 0 radical (unpaired) electrons. The van der Waals surface area contributed by atoms with E-state index in [1.807, 2.05) is 0 Å². The molecule has 1 fully saturated rings. The molecule has 0 aliphatic heterocycles. The van der Waals surface area contributed by atoms with Gasteiger partial charge in [-0.15, -0.1) is 0 Å². The summed E-state index contributed by atoms with van der Waals surface area (Å²) in [4.78, 5) is 0. The van der Waals surface area contributed by atoms with Gasteiger partial charge in [0.1, 0.15) is 6.07 Å². The van der Waals surface area contributed by atoms with Crippen molar-refractivity contribution in [2.45, 2.75) is 44.6 Å². The number of nitriles is 1. The third-order valence-electron chi connectivity index (χ3n) is 3.21. The lowest BCUT2D eigenvalue weighted by Gasteiger charge is -2.12. The van der Waals surface area contributed by atoms with Crippen LogP contribution in [0.5, 0.6) is 0 Å². The largest absolute Gasteiger partial charge is 0.265 e. The van der Waals surface area contributed by atoms with E-state index in [1.54, 1.807) is 0 Å². The minimum absolute atomic E-state index is 0.615. The number of fused-ring (bicyclic) bond motifs is 1. The van der Waals surface area contributed by atoms with Crippen LogP contribution >= 0.6 is 0 Å². The van der Waals surface area contributed by atoms with Crippen LogP contribution in [0.15, 0.2) is 0 Å². The van der Waals surface area contributed by atoms with E-state index in [1.165, 1.54) is 36.9 Å². The summed E-state index contributed by atoms with van der Waals surface area (Å²) in [6.45, 7) is 0. The normalized spacial score (nSPS) is 20.2. The average molecular weight is 187 g/mol. The van der Waals surface area contributed by atoms with Gasteiger partial charge in [-0.1, -0.05) is 0 Å². The molecule has 1 heterocycles. The monoisotopic (exact) mass is 187 g/mol. The van der Waals surface area contributed by atoms with Crippen molar-refractivity contribution in [1.29, 1.82) is 5.26 Å². The van der Waals surface area contributed by atoms with Gasteiger partial charge in [0.25, 0.3) is 0 Å². The summed E-state index contributed by atoms with van der Waals surface area (Å²) in [6, 6.07) is 2.84. The molecular formula is C11H13N3. The molecule has 0 atom stereocenters. The van der Waals surface area contributed by atoms with Gasteiger partial charge in [0.2, 0.25) is 0 Å². The number of rotatable bonds is 1. The van der Waals surface area contributed by atoms with E-state index in [2.05, 4.69) is 15.8 Å². The third kappa shape index (κ3) is 1.07. The number of hydrogen-bond acceptors (Lipinski definition) is 2. The molecule has 0 aromatic carbocycles. The molecule has 0 unspecified atom stereocenters. The Morgan fingerprint density at radius 3 is 2.79 bits per heavy atom. The second kappa shape index (κ2) is 2.84. The Bertz CT molecular complexity index is 407. The predicted molar refractivity (Wildman–Crippen MR) is 51.9 cm³/mol. The molecule has 1 aromatic rings. The van der Waals surface area contributed by atoms with Crippen molar-refractivity contribution in [2.24, 2.45) is 0 Å². The van der Waals surface area contributed by atoms with Crippen LogP contribution in [0, 0.1) is 11.3 Å². The smallest absolute Gasteiger partial charge is 0.165 e. The number of nitrogens with zero attached hydrogens (tertiary/aromatic N) is 3. The summed E-state index contributed by atoms with van der Waals surface area (Å²) >= 11 is 0. The van der Waals surface area contributed by atoms with E-state index in [0.29, 0.717) is 11.7 Å². The molecule has 14 heavy (non-hydrogen) atoms. The summed E-state index contributed by atoms with van der Waals surface area (Å²) in [5.74, 6) is 0. The van der Waals surface area contributed by atoms with Gasteiger partial charge in [0.05, 0.1) is 6.04 Å². The standard InChI is InChI=1S/C11H13N3/c12-7-10-9-3-1-2-4-11(9)14(13-10)8-5-6-8/h8H,1-6H2. The molecule has 0 spiro atoms. The molecular weight excluding hydrogens is 174 g/mol. The van der Waals surface area contributed by atoms with Crippen LogP contribution in [-0.4, -0.2) is 9.78 Å². The van der Waals surface area contributed by atoms with Crippen LogP contribution in [0.3, 0.4) is 0 Å². The van der Waals surface area contributed by atoms with E-state index in [0.717, 1.165) is 12.8 Å². The first kappa shape index (κ1) is 8.05. The fraction of sp³-hybridized carbons (Fsp3) is 0.636. The Morgan fingerprint density at radius 2 is 2.07 bits per heavy atom. The quantitative estimate of drug-likeness (QED) is 0.674. The second-order valence-corrected chi connectivity index (χ2v) is 4.27. The van der Waals surface area contributed by atoms with E-state index in [-0.39, 0.29) is 0 Å². The molecule has 0 bridgehead atoms. The zero-order valence-electron chi connectivity index (χ0n) is 8.16. The lowest BCUT2D eigenvalue weighted by Crippen LogP contribution is -2.07. The molecule has 3 heteroatoms. The van der Waals surface area contributed by atoms with Gasteiger partial charge in [0, 0.05) is 11.3 Å². The van der Waals surface area contributed by atoms with E-state index in [4.69, 9.17) is 5.26 Å². The second-order valence-electron chi connectivity index (χ2n) is 4.27. The molecule has 1 saturated carbocycles. The zero-order chi connectivity index (χ0) is 9.54. The first-order valence-corrected chi connectivity index (χ1v) is 5.40. The maximum Gasteiger partial charge on any atom is 0.165 e. The lowest BCUT2D eigenvalue weighted by atomic mass is 9.96. The average Bonchev–Trinajstić information content (AvgIpc) is 3.00. The fourth-order valence-corrected chi connectivity index (χ4v) is 2.34. The fourth-order valence-electron chi connectivity index (χ4n) is 2.34. The van der Waals surface area contributed by atoms with Gasteiger partial charge in [-0.3, -0.25) is 4.68 Å². The van der Waals surface area contributed by atoms with Crippen molar-refractivity contribution in [3.05, 3.63) is 17.0 Å². The van der Waals surface area contributed by atoms with Crippen molar-refractivity contribution in [3.8, 4) is 6.07 Å². The third-order valence-corrected chi connectivity index (χ3v) is 3.21. The van der Waals surface area contributed by atoms with Crippen LogP contribution in [0.1, 0.15) is 48.7 Å². The van der Waals surface area contributed by atoms with Gasteiger partial charge in [-0.05, 0) is 38.5 Å².